The van der Waals surface area contributed by atoms with Gasteiger partial charge in [0.05, 0.1) is 12.2 Å². The number of aliphatic hydroxyl groups is 1. The van der Waals surface area contributed by atoms with Gasteiger partial charge in [0, 0.05) is 46.5 Å². The minimum absolute atomic E-state index is 0.156. The molecule has 1 aromatic carbocycles. The Bertz CT molecular complexity index is 439. The highest BCUT2D eigenvalue weighted by Gasteiger charge is 2.31. The zero-order chi connectivity index (χ0) is 14.0. The molecule has 1 saturated heterocycles. The van der Waals surface area contributed by atoms with Gasteiger partial charge in [-0.1, -0.05) is 0 Å². The van der Waals surface area contributed by atoms with Crippen LogP contribution in [0.1, 0.15) is 5.56 Å². The first kappa shape index (κ1) is 14.2. The van der Waals surface area contributed by atoms with Crippen molar-refractivity contribution in [1.82, 2.24) is 4.90 Å². The number of ether oxygens (including phenoxy) is 1. The fourth-order valence-corrected chi connectivity index (χ4v) is 2.55. The predicted molar refractivity (Wildman–Crippen MR) is 72.8 cm³/mol. The van der Waals surface area contributed by atoms with Crippen molar-refractivity contribution in [1.29, 1.82) is 0 Å². The molecule has 0 aliphatic carbocycles. The van der Waals surface area contributed by atoms with Crippen molar-refractivity contribution in [3.05, 3.63) is 29.6 Å². The van der Waals surface area contributed by atoms with Crippen molar-refractivity contribution in [2.75, 3.05) is 39.2 Å². The van der Waals surface area contributed by atoms with E-state index >= 15 is 0 Å². The molecule has 2 atom stereocenters. The van der Waals surface area contributed by atoms with Crippen molar-refractivity contribution in [3.63, 3.8) is 0 Å². The van der Waals surface area contributed by atoms with Crippen molar-refractivity contribution >= 4 is 5.69 Å². The quantitative estimate of drug-likeness (QED) is 0.886. The van der Waals surface area contributed by atoms with Gasteiger partial charge >= 0.3 is 0 Å². The Kier molecular flexibility index (Phi) is 4.39. The number of aliphatic hydroxyl groups excluding tert-OH is 1. The molecule has 1 fully saturated rings. The molecule has 1 aliphatic rings. The Hall–Kier alpha value is -1.17. The van der Waals surface area contributed by atoms with Gasteiger partial charge in [0.25, 0.3) is 0 Å². The number of hydrogen-bond donors (Lipinski definition) is 1. The number of anilines is 1. The third-order valence-corrected chi connectivity index (χ3v) is 3.53. The highest BCUT2D eigenvalue weighted by molar-refractivity contribution is 5.52. The molecule has 0 aromatic heterocycles. The largest absolute Gasteiger partial charge is 0.389 e. The number of benzene rings is 1. The van der Waals surface area contributed by atoms with Gasteiger partial charge < -0.3 is 14.7 Å². The lowest BCUT2D eigenvalue weighted by Crippen LogP contribution is -2.25. The van der Waals surface area contributed by atoms with Crippen molar-refractivity contribution in [2.45, 2.75) is 18.8 Å². The summed E-state index contributed by atoms with van der Waals surface area (Å²) >= 11 is 0. The third kappa shape index (κ3) is 3.23. The Morgan fingerprint density at radius 2 is 2.16 bits per heavy atom. The van der Waals surface area contributed by atoms with Gasteiger partial charge in [-0.05, 0) is 23.8 Å². The van der Waals surface area contributed by atoms with Crippen LogP contribution in [0.2, 0.25) is 0 Å². The van der Waals surface area contributed by atoms with E-state index in [9.17, 15) is 9.50 Å². The lowest BCUT2D eigenvalue weighted by Gasteiger charge is -2.21. The van der Waals surface area contributed by atoms with E-state index in [1.54, 1.807) is 19.2 Å². The minimum atomic E-state index is -0.471. The molecule has 0 bridgehead atoms. The van der Waals surface area contributed by atoms with Crippen LogP contribution in [0.25, 0.3) is 0 Å². The van der Waals surface area contributed by atoms with Crippen LogP contribution in [0.3, 0.4) is 0 Å². The highest BCUT2D eigenvalue weighted by atomic mass is 19.1. The lowest BCUT2D eigenvalue weighted by atomic mass is 10.1. The zero-order valence-corrected chi connectivity index (χ0v) is 11.6. The number of methoxy groups -OCH3 is 1. The first-order valence-corrected chi connectivity index (χ1v) is 6.40. The van der Waals surface area contributed by atoms with E-state index in [0.29, 0.717) is 19.6 Å². The van der Waals surface area contributed by atoms with Gasteiger partial charge in [-0.2, -0.15) is 0 Å². The molecule has 106 valence electrons. The van der Waals surface area contributed by atoms with Crippen LogP contribution in [0.15, 0.2) is 18.2 Å². The number of halogens is 1. The van der Waals surface area contributed by atoms with Crippen molar-refractivity contribution < 1.29 is 14.2 Å². The highest BCUT2D eigenvalue weighted by Crippen LogP contribution is 2.24. The Morgan fingerprint density at radius 3 is 2.74 bits per heavy atom. The van der Waals surface area contributed by atoms with E-state index in [2.05, 4.69) is 4.90 Å². The molecule has 0 unspecified atom stereocenters. The molecular weight excluding hydrogens is 247 g/mol. The molecule has 4 nitrogen and oxygen atoms in total. The van der Waals surface area contributed by atoms with Crippen LogP contribution in [0, 0.1) is 5.82 Å². The average Bonchev–Trinajstić information content (AvgIpc) is 2.69. The average molecular weight is 268 g/mol. The minimum Gasteiger partial charge on any atom is -0.389 e. The predicted octanol–water partition coefficient (Wildman–Crippen LogP) is 1.08. The summed E-state index contributed by atoms with van der Waals surface area (Å²) in [6.45, 7) is 1.84. The summed E-state index contributed by atoms with van der Waals surface area (Å²) in [5, 5.41) is 9.82. The van der Waals surface area contributed by atoms with Crippen molar-refractivity contribution in [2.24, 2.45) is 0 Å². The standard InChI is InChI=1S/C14H21FN2O2/c1-16(2)12-5-4-11(15)6-10(12)7-17-8-13(18)14(9-17)19-3/h4-6,13-14,18H,7-9H2,1-3H3/t13-,14-/m1/s1. The Morgan fingerprint density at radius 1 is 1.42 bits per heavy atom. The summed E-state index contributed by atoms with van der Waals surface area (Å²) in [4.78, 5) is 4.05. The van der Waals surface area contributed by atoms with Crippen LogP contribution < -0.4 is 4.90 Å². The van der Waals surface area contributed by atoms with Crippen LogP contribution in [-0.2, 0) is 11.3 Å². The summed E-state index contributed by atoms with van der Waals surface area (Å²) in [6, 6.07) is 4.81. The van der Waals surface area contributed by atoms with E-state index in [4.69, 9.17) is 4.74 Å². The van der Waals surface area contributed by atoms with Crippen molar-refractivity contribution in [3.8, 4) is 0 Å². The maximum absolute atomic E-state index is 13.4. The number of rotatable bonds is 4. The molecular formula is C14H21FN2O2. The van der Waals surface area contributed by atoms with Crippen LogP contribution >= 0.6 is 0 Å². The summed E-state index contributed by atoms with van der Waals surface area (Å²) in [7, 11) is 5.48. The smallest absolute Gasteiger partial charge is 0.123 e. The fraction of sp³-hybridized carbons (Fsp3) is 0.571. The number of likely N-dealkylation sites (tertiary alicyclic amines) is 1. The second-order valence-electron chi connectivity index (χ2n) is 5.20. The van der Waals surface area contributed by atoms with Gasteiger partial charge in [-0.3, -0.25) is 4.90 Å². The van der Waals surface area contributed by atoms with E-state index in [0.717, 1.165) is 11.3 Å². The molecule has 19 heavy (non-hydrogen) atoms. The van der Waals surface area contributed by atoms with Gasteiger partial charge in [-0.25, -0.2) is 4.39 Å². The molecule has 2 rings (SSSR count). The van der Waals surface area contributed by atoms with Gasteiger partial charge in [-0.15, -0.1) is 0 Å². The molecule has 0 saturated carbocycles. The maximum atomic E-state index is 13.4. The summed E-state index contributed by atoms with van der Waals surface area (Å²) < 4.78 is 18.6. The molecule has 1 heterocycles. The second-order valence-corrected chi connectivity index (χ2v) is 5.20. The number of nitrogens with zero attached hydrogens (tertiary/aromatic N) is 2. The van der Waals surface area contributed by atoms with E-state index in [-0.39, 0.29) is 11.9 Å². The lowest BCUT2D eigenvalue weighted by molar-refractivity contribution is 0.0215. The van der Waals surface area contributed by atoms with Gasteiger partial charge in [0.2, 0.25) is 0 Å². The Balaban J connectivity index is 2.13. The molecule has 0 amide bonds. The number of hydrogen-bond acceptors (Lipinski definition) is 4. The van der Waals surface area contributed by atoms with Crippen LogP contribution in [0.4, 0.5) is 10.1 Å². The fourth-order valence-electron chi connectivity index (χ4n) is 2.55. The molecule has 0 radical (unpaired) electrons. The Labute approximate surface area is 113 Å². The first-order chi connectivity index (χ1) is 9.01. The number of β-amino-alcohol motifs (C(OH)–C–C–N with tert-alkyl or cyclic N) is 1. The summed E-state index contributed by atoms with van der Waals surface area (Å²) in [5.41, 5.74) is 1.92. The summed E-state index contributed by atoms with van der Waals surface area (Å²) in [6.07, 6.45) is -0.627. The zero-order valence-electron chi connectivity index (χ0n) is 11.6. The summed E-state index contributed by atoms with van der Waals surface area (Å²) in [5.74, 6) is -0.233. The van der Waals surface area contributed by atoms with E-state index < -0.39 is 6.10 Å². The molecule has 1 N–H and O–H groups in total. The topological polar surface area (TPSA) is 35.9 Å². The molecule has 1 aliphatic heterocycles. The van der Waals surface area contributed by atoms with E-state index in [1.807, 2.05) is 19.0 Å². The van der Waals surface area contributed by atoms with Crippen LogP contribution in [0.5, 0.6) is 0 Å². The normalized spacial score (nSPS) is 23.8. The van der Waals surface area contributed by atoms with Gasteiger partial charge in [0.1, 0.15) is 5.82 Å². The molecule has 0 spiro atoms. The van der Waals surface area contributed by atoms with E-state index in [1.165, 1.54) is 6.07 Å². The molecule has 1 aromatic rings. The SMILES string of the molecule is CO[C@@H]1CN(Cc2cc(F)ccc2N(C)C)C[C@H]1O. The maximum Gasteiger partial charge on any atom is 0.123 e. The third-order valence-electron chi connectivity index (χ3n) is 3.53. The molecule has 5 heteroatoms. The van der Waals surface area contributed by atoms with Gasteiger partial charge in [0.15, 0.2) is 0 Å². The monoisotopic (exact) mass is 268 g/mol. The van der Waals surface area contributed by atoms with Crippen LogP contribution in [-0.4, -0.2) is 56.5 Å². The first-order valence-electron chi connectivity index (χ1n) is 6.40. The second kappa shape index (κ2) is 5.86.